The summed E-state index contributed by atoms with van der Waals surface area (Å²) in [5, 5.41) is -0.0623. The van der Waals surface area contributed by atoms with Crippen molar-refractivity contribution in [3.05, 3.63) is 39.7 Å². The molecule has 1 N–H and O–H groups in total. The number of carbonyl (C=O) groups is 1. The first-order valence-corrected chi connectivity index (χ1v) is 5.76. The average molecular weight is 283 g/mol. The number of halogens is 2. The number of esters is 1. The highest BCUT2D eigenvalue weighted by Gasteiger charge is 2.22. The van der Waals surface area contributed by atoms with E-state index < -0.39 is 28.7 Å². The lowest BCUT2D eigenvalue weighted by Gasteiger charge is -2.09. The zero-order chi connectivity index (χ0) is 14.9. The van der Waals surface area contributed by atoms with E-state index in [1.165, 1.54) is 14.0 Å². The summed E-state index contributed by atoms with van der Waals surface area (Å²) < 4.78 is 36.8. The van der Waals surface area contributed by atoms with Gasteiger partial charge in [0.1, 0.15) is 0 Å². The van der Waals surface area contributed by atoms with Crippen LogP contribution in [0.1, 0.15) is 17.3 Å². The van der Waals surface area contributed by atoms with Gasteiger partial charge in [0.25, 0.3) is 0 Å². The highest BCUT2D eigenvalue weighted by Crippen LogP contribution is 2.26. The van der Waals surface area contributed by atoms with Gasteiger partial charge < -0.3 is 14.5 Å². The Hall–Kier alpha value is -2.44. The number of benzene rings is 1. The van der Waals surface area contributed by atoms with Crippen LogP contribution in [0, 0.1) is 11.8 Å². The molecule has 0 atom stereocenters. The fraction of sp³-hybridized carbons (Fsp3) is 0.231. The number of aromatic nitrogens is 1. The van der Waals surface area contributed by atoms with E-state index in [1.807, 2.05) is 0 Å². The standard InChI is InChI=1S/C13H11F2NO4/c1-3-20-13(18)8-10(17)6-4-5-7(14)11(19-2)9(6)16-12(8)15/h4-5H,3H2,1-2H3,(H,16,17). The van der Waals surface area contributed by atoms with E-state index in [0.29, 0.717) is 0 Å². The number of H-pyrrole nitrogens is 1. The van der Waals surface area contributed by atoms with Crippen LogP contribution in [0.25, 0.3) is 10.9 Å². The molecule has 1 heterocycles. The highest BCUT2D eigenvalue weighted by atomic mass is 19.1. The molecule has 20 heavy (non-hydrogen) atoms. The molecule has 7 heteroatoms. The predicted octanol–water partition coefficient (Wildman–Crippen LogP) is 1.99. The third-order valence-corrected chi connectivity index (χ3v) is 2.72. The Morgan fingerprint density at radius 1 is 1.35 bits per heavy atom. The number of ether oxygens (including phenoxy) is 2. The first-order valence-electron chi connectivity index (χ1n) is 5.76. The van der Waals surface area contributed by atoms with Crippen LogP contribution in [0.2, 0.25) is 0 Å². The molecule has 0 aliphatic carbocycles. The van der Waals surface area contributed by atoms with Crippen molar-refractivity contribution in [2.24, 2.45) is 0 Å². The van der Waals surface area contributed by atoms with Crippen molar-refractivity contribution in [2.75, 3.05) is 13.7 Å². The Kier molecular flexibility index (Phi) is 3.69. The topological polar surface area (TPSA) is 68.4 Å². The third-order valence-electron chi connectivity index (χ3n) is 2.72. The van der Waals surface area contributed by atoms with Crippen LogP contribution in [0.3, 0.4) is 0 Å². The molecule has 0 spiro atoms. The normalized spacial score (nSPS) is 10.6. The van der Waals surface area contributed by atoms with Crippen molar-refractivity contribution in [1.29, 1.82) is 0 Å². The largest absolute Gasteiger partial charge is 0.492 e. The maximum absolute atomic E-state index is 13.9. The summed E-state index contributed by atoms with van der Waals surface area (Å²) in [5.74, 6) is -3.31. The zero-order valence-electron chi connectivity index (χ0n) is 10.8. The van der Waals surface area contributed by atoms with Gasteiger partial charge >= 0.3 is 5.97 Å². The van der Waals surface area contributed by atoms with Gasteiger partial charge in [0.2, 0.25) is 11.4 Å². The Bertz CT molecular complexity index is 739. The Morgan fingerprint density at radius 3 is 2.65 bits per heavy atom. The molecule has 2 rings (SSSR count). The molecule has 106 valence electrons. The summed E-state index contributed by atoms with van der Waals surface area (Å²) in [6, 6.07) is 2.15. The second-order valence-corrected chi connectivity index (χ2v) is 3.87. The van der Waals surface area contributed by atoms with Crippen molar-refractivity contribution >= 4 is 16.9 Å². The van der Waals surface area contributed by atoms with Gasteiger partial charge in [-0.3, -0.25) is 4.79 Å². The molecule has 0 amide bonds. The maximum Gasteiger partial charge on any atom is 0.346 e. The van der Waals surface area contributed by atoms with Crippen molar-refractivity contribution < 1.29 is 23.0 Å². The highest BCUT2D eigenvalue weighted by molar-refractivity contribution is 5.95. The van der Waals surface area contributed by atoms with E-state index >= 15 is 0 Å². The Morgan fingerprint density at radius 2 is 2.05 bits per heavy atom. The lowest BCUT2D eigenvalue weighted by Crippen LogP contribution is -2.21. The molecular weight excluding hydrogens is 272 g/mol. The van der Waals surface area contributed by atoms with E-state index in [2.05, 4.69) is 9.72 Å². The van der Waals surface area contributed by atoms with Gasteiger partial charge in [-0.1, -0.05) is 0 Å². The molecule has 5 nitrogen and oxygen atoms in total. The van der Waals surface area contributed by atoms with Crippen LogP contribution < -0.4 is 10.2 Å². The minimum absolute atomic E-state index is 0.00247. The van der Waals surface area contributed by atoms with Gasteiger partial charge in [-0.05, 0) is 19.1 Å². The monoisotopic (exact) mass is 283 g/mol. The van der Waals surface area contributed by atoms with Crippen LogP contribution in [-0.2, 0) is 4.74 Å². The molecule has 0 radical (unpaired) electrons. The van der Waals surface area contributed by atoms with Gasteiger partial charge in [0.05, 0.1) is 24.6 Å². The molecule has 0 aliphatic rings. The third kappa shape index (κ3) is 2.11. The first-order chi connectivity index (χ1) is 9.51. The fourth-order valence-corrected chi connectivity index (χ4v) is 1.86. The molecule has 0 saturated carbocycles. The molecule has 0 aliphatic heterocycles. The zero-order valence-corrected chi connectivity index (χ0v) is 10.8. The van der Waals surface area contributed by atoms with Gasteiger partial charge in [-0.25, -0.2) is 9.18 Å². The number of methoxy groups -OCH3 is 1. The summed E-state index contributed by atoms with van der Waals surface area (Å²) in [4.78, 5) is 25.8. The van der Waals surface area contributed by atoms with Crippen LogP contribution in [0.4, 0.5) is 8.78 Å². The fourth-order valence-electron chi connectivity index (χ4n) is 1.86. The van der Waals surface area contributed by atoms with E-state index in [9.17, 15) is 18.4 Å². The minimum atomic E-state index is -1.19. The molecule has 1 aromatic heterocycles. The van der Waals surface area contributed by atoms with Crippen molar-refractivity contribution in [2.45, 2.75) is 6.92 Å². The lowest BCUT2D eigenvalue weighted by molar-refractivity contribution is 0.0518. The number of pyridine rings is 1. The molecule has 0 bridgehead atoms. The van der Waals surface area contributed by atoms with Crippen LogP contribution >= 0.6 is 0 Å². The number of hydrogen-bond donors (Lipinski definition) is 1. The van der Waals surface area contributed by atoms with Crippen LogP contribution in [0.5, 0.6) is 5.75 Å². The number of carbonyl (C=O) groups excluding carboxylic acids is 1. The Labute approximate surface area is 112 Å². The van der Waals surface area contributed by atoms with E-state index in [-0.39, 0.29) is 23.3 Å². The smallest absolute Gasteiger partial charge is 0.346 e. The minimum Gasteiger partial charge on any atom is -0.492 e. The first kappa shape index (κ1) is 14.0. The van der Waals surface area contributed by atoms with Crippen molar-refractivity contribution in [3.63, 3.8) is 0 Å². The number of hydrogen-bond acceptors (Lipinski definition) is 4. The summed E-state index contributed by atoms with van der Waals surface area (Å²) in [6.45, 7) is 1.53. The van der Waals surface area contributed by atoms with Gasteiger partial charge in [-0.2, -0.15) is 4.39 Å². The molecule has 0 saturated heterocycles. The average Bonchev–Trinajstić information content (AvgIpc) is 2.38. The molecule has 0 unspecified atom stereocenters. The summed E-state index contributed by atoms with van der Waals surface area (Å²) in [7, 11) is 1.19. The van der Waals surface area contributed by atoms with E-state index in [1.54, 1.807) is 0 Å². The lowest BCUT2D eigenvalue weighted by atomic mass is 10.1. The van der Waals surface area contributed by atoms with Gasteiger partial charge in [-0.15, -0.1) is 0 Å². The molecule has 2 aromatic rings. The summed E-state index contributed by atoms with van der Waals surface area (Å²) >= 11 is 0. The van der Waals surface area contributed by atoms with Crippen molar-refractivity contribution in [3.8, 4) is 5.75 Å². The van der Waals surface area contributed by atoms with Gasteiger partial charge in [0, 0.05) is 0 Å². The number of rotatable bonds is 3. The Balaban J connectivity index is 2.81. The second-order valence-electron chi connectivity index (χ2n) is 3.87. The summed E-state index contributed by atoms with van der Waals surface area (Å²) in [5.41, 5.74) is -1.77. The van der Waals surface area contributed by atoms with Crippen molar-refractivity contribution in [1.82, 2.24) is 4.98 Å². The molecule has 1 aromatic carbocycles. The van der Waals surface area contributed by atoms with E-state index in [0.717, 1.165) is 12.1 Å². The summed E-state index contributed by atoms with van der Waals surface area (Å²) in [6.07, 6.45) is 0. The second kappa shape index (κ2) is 5.28. The maximum atomic E-state index is 13.9. The quantitative estimate of drug-likeness (QED) is 0.691. The number of nitrogens with one attached hydrogen (secondary N) is 1. The van der Waals surface area contributed by atoms with E-state index in [4.69, 9.17) is 4.74 Å². The SMILES string of the molecule is CCOC(=O)c1c(F)[nH]c2c(OC)c(F)ccc2c1=O. The van der Waals surface area contributed by atoms with Crippen LogP contribution in [0.15, 0.2) is 16.9 Å². The number of aromatic amines is 1. The van der Waals surface area contributed by atoms with Gasteiger partial charge in [0.15, 0.2) is 17.1 Å². The predicted molar refractivity (Wildman–Crippen MR) is 67.0 cm³/mol. The molecular formula is C13H11F2NO4. The molecule has 0 fully saturated rings. The number of fused-ring (bicyclic) bond motifs is 1. The van der Waals surface area contributed by atoms with Crippen LogP contribution in [-0.4, -0.2) is 24.7 Å².